The van der Waals surface area contributed by atoms with Crippen LogP contribution in [0.2, 0.25) is 0 Å². The van der Waals surface area contributed by atoms with E-state index in [4.69, 9.17) is 0 Å². The third kappa shape index (κ3) is 3.32. The van der Waals surface area contributed by atoms with Gasteiger partial charge in [0.2, 0.25) is 0 Å². The van der Waals surface area contributed by atoms with Crippen molar-refractivity contribution in [2.24, 2.45) is 5.92 Å². The van der Waals surface area contributed by atoms with E-state index in [2.05, 4.69) is 5.10 Å². The molecule has 1 heterocycles. The first-order chi connectivity index (χ1) is 7.04. The molecule has 1 rings (SSSR count). The number of nitrogens with zero attached hydrogens (tertiary/aromatic N) is 2. The van der Waals surface area contributed by atoms with Gasteiger partial charge in [0.1, 0.15) is 0 Å². The molecule has 0 radical (unpaired) electrons. The lowest BCUT2D eigenvalue weighted by molar-refractivity contribution is -0.00732. The topological polar surface area (TPSA) is 58.3 Å². The van der Waals surface area contributed by atoms with Crippen LogP contribution in [0.4, 0.5) is 0 Å². The number of aromatic nitrogens is 2. The Morgan fingerprint density at radius 1 is 1.40 bits per heavy atom. The molecule has 0 bridgehead atoms. The van der Waals surface area contributed by atoms with Crippen LogP contribution in [0.5, 0.6) is 0 Å². The van der Waals surface area contributed by atoms with Gasteiger partial charge in [-0.3, -0.25) is 4.68 Å². The summed E-state index contributed by atoms with van der Waals surface area (Å²) in [4.78, 5) is 0. The number of hydrogen-bond acceptors (Lipinski definition) is 3. The SMILES string of the molecule is CCn1cc(CC(O)C(O)C(C)C)cn1. The molecule has 2 unspecified atom stereocenters. The summed E-state index contributed by atoms with van der Waals surface area (Å²) >= 11 is 0. The lowest BCUT2D eigenvalue weighted by Gasteiger charge is -2.20. The molecular formula is C11H20N2O2. The predicted molar refractivity (Wildman–Crippen MR) is 58.5 cm³/mol. The zero-order valence-electron chi connectivity index (χ0n) is 9.59. The molecule has 0 amide bonds. The van der Waals surface area contributed by atoms with E-state index in [1.807, 2.05) is 31.6 Å². The summed E-state index contributed by atoms with van der Waals surface area (Å²) in [5.41, 5.74) is 0.962. The van der Waals surface area contributed by atoms with Crippen LogP contribution in [0.1, 0.15) is 26.3 Å². The van der Waals surface area contributed by atoms with E-state index in [1.54, 1.807) is 6.20 Å². The highest BCUT2D eigenvalue weighted by molar-refractivity contribution is 5.06. The molecule has 2 atom stereocenters. The summed E-state index contributed by atoms with van der Waals surface area (Å²) in [5.74, 6) is 0.0706. The molecule has 0 saturated heterocycles. The average Bonchev–Trinajstić information content (AvgIpc) is 2.64. The van der Waals surface area contributed by atoms with Crippen molar-refractivity contribution in [1.82, 2.24) is 9.78 Å². The van der Waals surface area contributed by atoms with Crippen LogP contribution in [0.25, 0.3) is 0 Å². The third-order valence-electron chi connectivity index (χ3n) is 2.53. The van der Waals surface area contributed by atoms with Gasteiger partial charge in [-0.2, -0.15) is 5.10 Å². The maximum Gasteiger partial charge on any atom is 0.0842 e. The van der Waals surface area contributed by atoms with Gasteiger partial charge >= 0.3 is 0 Å². The van der Waals surface area contributed by atoms with Crippen molar-refractivity contribution in [2.75, 3.05) is 0 Å². The Balaban J connectivity index is 2.54. The molecule has 1 aromatic heterocycles. The molecular weight excluding hydrogens is 192 g/mol. The second-order valence-electron chi connectivity index (χ2n) is 4.21. The Hall–Kier alpha value is -0.870. The minimum absolute atomic E-state index is 0.0706. The van der Waals surface area contributed by atoms with E-state index >= 15 is 0 Å². The highest BCUT2D eigenvalue weighted by Gasteiger charge is 2.20. The molecule has 15 heavy (non-hydrogen) atoms. The Kier molecular flexibility index (Phi) is 4.29. The maximum atomic E-state index is 9.74. The normalized spacial score (nSPS) is 15.6. The quantitative estimate of drug-likeness (QED) is 0.760. The molecule has 2 N–H and O–H groups in total. The van der Waals surface area contributed by atoms with Gasteiger partial charge in [-0.05, 0) is 18.4 Å². The molecule has 0 saturated carbocycles. The van der Waals surface area contributed by atoms with Crippen molar-refractivity contribution < 1.29 is 10.2 Å². The van der Waals surface area contributed by atoms with Gasteiger partial charge in [0, 0.05) is 19.2 Å². The van der Waals surface area contributed by atoms with E-state index in [0.29, 0.717) is 6.42 Å². The Bertz CT molecular complexity index is 297. The van der Waals surface area contributed by atoms with Crippen molar-refractivity contribution in [3.63, 3.8) is 0 Å². The van der Waals surface area contributed by atoms with Crippen LogP contribution in [-0.4, -0.2) is 32.2 Å². The Labute approximate surface area is 90.5 Å². The van der Waals surface area contributed by atoms with Gasteiger partial charge in [0.25, 0.3) is 0 Å². The fourth-order valence-corrected chi connectivity index (χ4v) is 1.49. The molecule has 0 aromatic carbocycles. The van der Waals surface area contributed by atoms with E-state index in [-0.39, 0.29) is 5.92 Å². The van der Waals surface area contributed by atoms with E-state index in [9.17, 15) is 10.2 Å². The summed E-state index contributed by atoms with van der Waals surface area (Å²) < 4.78 is 1.81. The summed E-state index contributed by atoms with van der Waals surface area (Å²) in [6.07, 6.45) is 2.71. The zero-order valence-corrected chi connectivity index (χ0v) is 9.59. The third-order valence-corrected chi connectivity index (χ3v) is 2.53. The Morgan fingerprint density at radius 3 is 2.53 bits per heavy atom. The largest absolute Gasteiger partial charge is 0.390 e. The first kappa shape index (κ1) is 12.2. The fourth-order valence-electron chi connectivity index (χ4n) is 1.49. The van der Waals surface area contributed by atoms with Crippen LogP contribution in [0.15, 0.2) is 12.4 Å². The standard InChI is InChI=1S/C11H20N2O2/c1-4-13-7-9(6-12-13)5-10(14)11(15)8(2)3/h6-8,10-11,14-15H,4-5H2,1-3H3. The monoisotopic (exact) mass is 212 g/mol. The summed E-state index contributed by atoms with van der Waals surface area (Å²) in [6.45, 7) is 6.62. The predicted octanol–water partition coefficient (Wildman–Crippen LogP) is 0.823. The van der Waals surface area contributed by atoms with Gasteiger partial charge in [-0.15, -0.1) is 0 Å². The minimum Gasteiger partial charge on any atom is -0.390 e. The van der Waals surface area contributed by atoms with Crippen LogP contribution in [0, 0.1) is 5.92 Å². The van der Waals surface area contributed by atoms with Gasteiger partial charge < -0.3 is 10.2 Å². The molecule has 0 aliphatic carbocycles. The van der Waals surface area contributed by atoms with Crippen molar-refractivity contribution in [2.45, 2.75) is 45.9 Å². The molecule has 4 nitrogen and oxygen atoms in total. The smallest absolute Gasteiger partial charge is 0.0842 e. The lowest BCUT2D eigenvalue weighted by atomic mass is 9.98. The minimum atomic E-state index is -0.709. The van der Waals surface area contributed by atoms with Gasteiger partial charge in [-0.25, -0.2) is 0 Å². The first-order valence-electron chi connectivity index (χ1n) is 5.42. The molecule has 1 aromatic rings. The second-order valence-corrected chi connectivity index (χ2v) is 4.21. The summed E-state index contributed by atoms with van der Waals surface area (Å²) in [7, 11) is 0. The molecule has 4 heteroatoms. The summed E-state index contributed by atoms with van der Waals surface area (Å²) in [5, 5.41) is 23.5. The summed E-state index contributed by atoms with van der Waals surface area (Å²) in [6, 6.07) is 0. The van der Waals surface area contributed by atoms with Crippen LogP contribution < -0.4 is 0 Å². The van der Waals surface area contributed by atoms with Crippen LogP contribution in [0.3, 0.4) is 0 Å². The zero-order chi connectivity index (χ0) is 11.4. The first-order valence-corrected chi connectivity index (χ1v) is 5.42. The molecule has 0 aliphatic rings. The van der Waals surface area contributed by atoms with Gasteiger partial charge in [0.05, 0.1) is 18.4 Å². The van der Waals surface area contributed by atoms with Gasteiger partial charge in [-0.1, -0.05) is 13.8 Å². The van der Waals surface area contributed by atoms with E-state index in [0.717, 1.165) is 12.1 Å². The fraction of sp³-hybridized carbons (Fsp3) is 0.727. The van der Waals surface area contributed by atoms with Crippen molar-refractivity contribution >= 4 is 0 Å². The number of aryl methyl sites for hydroxylation is 1. The molecule has 0 fully saturated rings. The highest BCUT2D eigenvalue weighted by Crippen LogP contribution is 2.11. The maximum absolute atomic E-state index is 9.74. The van der Waals surface area contributed by atoms with Crippen LogP contribution >= 0.6 is 0 Å². The molecule has 0 spiro atoms. The highest BCUT2D eigenvalue weighted by atomic mass is 16.3. The van der Waals surface area contributed by atoms with Crippen molar-refractivity contribution in [3.8, 4) is 0 Å². The number of aliphatic hydroxyl groups is 2. The van der Waals surface area contributed by atoms with Crippen molar-refractivity contribution in [1.29, 1.82) is 0 Å². The number of aliphatic hydroxyl groups excluding tert-OH is 2. The average molecular weight is 212 g/mol. The van der Waals surface area contributed by atoms with Gasteiger partial charge in [0.15, 0.2) is 0 Å². The second kappa shape index (κ2) is 5.28. The van der Waals surface area contributed by atoms with Crippen LogP contribution in [-0.2, 0) is 13.0 Å². The number of rotatable bonds is 5. The molecule has 86 valence electrons. The van der Waals surface area contributed by atoms with Crippen molar-refractivity contribution in [3.05, 3.63) is 18.0 Å². The lowest BCUT2D eigenvalue weighted by Crippen LogP contribution is -2.32. The van der Waals surface area contributed by atoms with E-state index < -0.39 is 12.2 Å². The molecule has 0 aliphatic heterocycles. The Morgan fingerprint density at radius 2 is 2.07 bits per heavy atom. The number of hydrogen-bond donors (Lipinski definition) is 2. The van der Waals surface area contributed by atoms with E-state index in [1.165, 1.54) is 0 Å².